The number of nitrogens with one attached hydrogen (secondary N) is 2. The minimum Gasteiger partial charge on any atom is -0.355 e. The predicted molar refractivity (Wildman–Crippen MR) is 54.6 cm³/mol. The van der Waals surface area contributed by atoms with E-state index in [0.717, 1.165) is 6.42 Å². The highest BCUT2D eigenvalue weighted by molar-refractivity contribution is 5.81. The zero-order valence-corrected chi connectivity index (χ0v) is 8.80. The highest BCUT2D eigenvalue weighted by Gasteiger charge is 2.10. The lowest BCUT2D eigenvalue weighted by Crippen LogP contribution is -2.43. The Morgan fingerprint density at radius 1 is 1.29 bits per heavy atom. The molecule has 14 heavy (non-hydrogen) atoms. The normalized spacial score (nSPS) is 11.9. The molecule has 0 saturated carbocycles. The van der Waals surface area contributed by atoms with E-state index in [2.05, 4.69) is 10.6 Å². The van der Waals surface area contributed by atoms with Gasteiger partial charge in [0.15, 0.2) is 0 Å². The standard InChI is InChI=1S/C9H19N3O2/c1-3-4-8(10)9(14)12-6-5-11-7(2)13/h8H,3-6,10H2,1-2H3,(H,11,13)(H,12,14). The van der Waals surface area contributed by atoms with Crippen molar-refractivity contribution in [1.82, 2.24) is 10.6 Å². The molecule has 0 saturated heterocycles. The molecule has 0 fully saturated rings. The molecule has 0 rings (SSSR count). The summed E-state index contributed by atoms with van der Waals surface area (Å²) in [5.74, 6) is -0.255. The Kier molecular flexibility index (Phi) is 6.74. The molecule has 1 unspecified atom stereocenters. The summed E-state index contributed by atoms with van der Waals surface area (Å²) in [5.41, 5.74) is 5.57. The number of carbonyl (C=O) groups is 2. The van der Waals surface area contributed by atoms with Gasteiger partial charge < -0.3 is 16.4 Å². The van der Waals surface area contributed by atoms with Crippen molar-refractivity contribution in [2.75, 3.05) is 13.1 Å². The summed E-state index contributed by atoms with van der Waals surface area (Å²) in [6.45, 7) is 4.28. The number of rotatable bonds is 6. The van der Waals surface area contributed by atoms with Crippen LogP contribution in [-0.2, 0) is 9.59 Å². The van der Waals surface area contributed by atoms with E-state index >= 15 is 0 Å². The summed E-state index contributed by atoms with van der Waals surface area (Å²) in [7, 11) is 0. The van der Waals surface area contributed by atoms with E-state index < -0.39 is 6.04 Å². The maximum absolute atomic E-state index is 11.2. The van der Waals surface area contributed by atoms with Crippen LogP contribution in [-0.4, -0.2) is 30.9 Å². The van der Waals surface area contributed by atoms with Crippen LogP contribution in [0.2, 0.25) is 0 Å². The third-order valence-corrected chi connectivity index (χ3v) is 1.73. The second kappa shape index (κ2) is 7.32. The second-order valence-electron chi connectivity index (χ2n) is 3.17. The molecule has 82 valence electrons. The lowest BCUT2D eigenvalue weighted by atomic mass is 10.2. The molecule has 5 nitrogen and oxygen atoms in total. The fraction of sp³-hybridized carbons (Fsp3) is 0.778. The molecule has 0 aliphatic carbocycles. The van der Waals surface area contributed by atoms with Crippen LogP contribution in [0.3, 0.4) is 0 Å². The molecule has 1 atom stereocenters. The van der Waals surface area contributed by atoms with E-state index in [1.54, 1.807) is 0 Å². The Morgan fingerprint density at radius 2 is 1.86 bits per heavy atom. The quantitative estimate of drug-likeness (QED) is 0.500. The summed E-state index contributed by atoms with van der Waals surface area (Å²) >= 11 is 0. The van der Waals surface area contributed by atoms with Crippen molar-refractivity contribution < 1.29 is 9.59 Å². The van der Waals surface area contributed by atoms with Crippen molar-refractivity contribution in [3.8, 4) is 0 Å². The third kappa shape index (κ3) is 6.42. The highest BCUT2D eigenvalue weighted by atomic mass is 16.2. The van der Waals surface area contributed by atoms with Gasteiger partial charge in [0.1, 0.15) is 0 Å². The Bertz CT molecular complexity index is 194. The first-order chi connectivity index (χ1) is 6.57. The Hall–Kier alpha value is -1.10. The smallest absolute Gasteiger partial charge is 0.236 e. The molecule has 4 N–H and O–H groups in total. The number of amides is 2. The topological polar surface area (TPSA) is 84.2 Å². The maximum atomic E-state index is 11.2. The van der Waals surface area contributed by atoms with Crippen LogP contribution in [0.15, 0.2) is 0 Å². The first-order valence-electron chi connectivity index (χ1n) is 4.85. The van der Waals surface area contributed by atoms with Gasteiger partial charge in [0, 0.05) is 20.0 Å². The molecule has 0 aliphatic heterocycles. The largest absolute Gasteiger partial charge is 0.355 e. The summed E-state index contributed by atoms with van der Waals surface area (Å²) < 4.78 is 0. The van der Waals surface area contributed by atoms with Gasteiger partial charge in [-0.15, -0.1) is 0 Å². The van der Waals surface area contributed by atoms with Crippen molar-refractivity contribution in [3.05, 3.63) is 0 Å². The molecule has 0 bridgehead atoms. The van der Waals surface area contributed by atoms with Gasteiger partial charge in [-0.3, -0.25) is 9.59 Å². The molecule has 0 heterocycles. The van der Waals surface area contributed by atoms with Crippen LogP contribution in [0.1, 0.15) is 26.7 Å². The average Bonchev–Trinajstić information content (AvgIpc) is 2.12. The van der Waals surface area contributed by atoms with Gasteiger partial charge in [-0.25, -0.2) is 0 Å². The van der Waals surface area contributed by atoms with Gasteiger partial charge in [-0.2, -0.15) is 0 Å². The van der Waals surface area contributed by atoms with Crippen LogP contribution in [0.5, 0.6) is 0 Å². The summed E-state index contributed by atoms with van der Waals surface area (Å²) in [5, 5.41) is 5.22. The number of carbonyl (C=O) groups excluding carboxylic acids is 2. The number of nitrogens with two attached hydrogens (primary N) is 1. The zero-order valence-electron chi connectivity index (χ0n) is 8.80. The van der Waals surface area contributed by atoms with E-state index in [0.29, 0.717) is 19.5 Å². The van der Waals surface area contributed by atoms with Crippen molar-refractivity contribution in [2.24, 2.45) is 5.73 Å². The summed E-state index contributed by atoms with van der Waals surface area (Å²) in [6.07, 6.45) is 1.58. The Labute approximate surface area is 84.4 Å². The predicted octanol–water partition coefficient (Wildman–Crippen LogP) is -0.634. The molecule has 0 aromatic carbocycles. The number of hydrogen-bond acceptors (Lipinski definition) is 3. The molecule has 0 spiro atoms. The van der Waals surface area contributed by atoms with Crippen molar-refractivity contribution in [3.63, 3.8) is 0 Å². The minimum atomic E-state index is -0.433. The van der Waals surface area contributed by atoms with Gasteiger partial charge in [0.2, 0.25) is 11.8 Å². The number of hydrogen-bond donors (Lipinski definition) is 3. The minimum absolute atomic E-state index is 0.0999. The SMILES string of the molecule is CCCC(N)C(=O)NCCNC(C)=O. The van der Waals surface area contributed by atoms with Crippen LogP contribution in [0, 0.1) is 0 Å². The van der Waals surface area contributed by atoms with Crippen molar-refractivity contribution >= 4 is 11.8 Å². The highest BCUT2D eigenvalue weighted by Crippen LogP contribution is 1.91. The van der Waals surface area contributed by atoms with Gasteiger partial charge in [-0.05, 0) is 6.42 Å². The first-order valence-corrected chi connectivity index (χ1v) is 4.85. The van der Waals surface area contributed by atoms with Crippen molar-refractivity contribution in [1.29, 1.82) is 0 Å². The van der Waals surface area contributed by atoms with Crippen LogP contribution in [0.4, 0.5) is 0 Å². The Morgan fingerprint density at radius 3 is 2.36 bits per heavy atom. The molecule has 0 aromatic heterocycles. The molecular formula is C9H19N3O2. The van der Waals surface area contributed by atoms with E-state index in [1.165, 1.54) is 6.92 Å². The monoisotopic (exact) mass is 201 g/mol. The van der Waals surface area contributed by atoms with Gasteiger partial charge in [-0.1, -0.05) is 13.3 Å². The maximum Gasteiger partial charge on any atom is 0.236 e. The summed E-state index contributed by atoms with van der Waals surface area (Å²) in [6, 6.07) is -0.433. The molecule has 0 aliphatic rings. The van der Waals surface area contributed by atoms with E-state index in [4.69, 9.17) is 5.73 Å². The zero-order chi connectivity index (χ0) is 11.0. The Balaban J connectivity index is 3.48. The lowest BCUT2D eigenvalue weighted by molar-refractivity contribution is -0.123. The fourth-order valence-electron chi connectivity index (χ4n) is 0.997. The molecule has 2 amide bonds. The summed E-state index contributed by atoms with van der Waals surface area (Å²) in [4.78, 5) is 21.7. The van der Waals surface area contributed by atoms with Crippen molar-refractivity contribution in [2.45, 2.75) is 32.7 Å². The van der Waals surface area contributed by atoms with Gasteiger partial charge in [0.05, 0.1) is 6.04 Å². The average molecular weight is 201 g/mol. The van der Waals surface area contributed by atoms with E-state index in [9.17, 15) is 9.59 Å². The first kappa shape index (κ1) is 12.9. The third-order valence-electron chi connectivity index (χ3n) is 1.73. The molecule has 5 heteroatoms. The molecular weight excluding hydrogens is 182 g/mol. The lowest BCUT2D eigenvalue weighted by Gasteiger charge is -2.10. The van der Waals surface area contributed by atoms with Crippen LogP contribution < -0.4 is 16.4 Å². The molecule has 0 radical (unpaired) electrons. The van der Waals surface area contributed by atoms with Gasteiger partial charge >= 0.3 is 0 Å². The fourth-order valence-corrected chi connectivity index (χ4v) is 0.997. The second-order valence-corrected chi connectivity index (χ2v) is 3.17. The van der Waals surface area contributed by atoms with Crippen LogP contribution in [0.25, 0.3) is 0 Å². The van der Waals surface area contributed by atoms with Gasteiger partial charge in [0.25, 0.3) is 0 Å². The van der Waals surface area contributed by atoms with E-state index in [-0.39, 0.29) is 11.8 Å². The molecule has 0 aromatic rings. The van der Waals surface area contributed by atoms with Crippen LogP contribution >= 0.6 is 0 Å². The van der Waals surface area contributed by atoms with E-state index in [1.807, 2.05) is 6.92 Å².